The van der Waals surface area contributed by atoms with E-state index in [0.29, 0.717) is 11.1 Å². The highest BCUT2D eigenvalue weighted by Crippen LogP contribution is 2.36. The zero-order valence-corrected chi connectivity index (χ0v) is 26.8. The number of unbranched alkanes of at least 4 members (excludes halogenated alkanes) is 4. The topological polar surface area (TPSA) is 25.8 Å². The minimum absolute atomic E-state index is 0.180. The summed E-state index contributed by atoms with van der Waals surface area (Å²) < 4.78 is 39.3. The smallest absolute Gasteiger partial charge is 0.131 e. The number of aromatic nitrogens is 2. The Kier molecular flexibility index (Phi) is 9.75. The summed E-state index contributed by atoms with van der Waals surface area (Å²) in [6.45, 7) is 4.35. The van der Waals surface area contributed by atoms with Crippen LogP contribution in [0.15, 0.2) is 97.1 Å². The number of fused-ring (bicyclic) bond motifs is 1. The third kappa shape index (κ3) is 6.89. The van der Waals surface area contributed by atoms with E-state index in [1.807, 2.05) is 72.8 Å². The Hall–Kier alpha value is -4.22. The monoisotopic (exact) mass is 616 g/mol. The number of halogens is 2. The summed E-state index contributed by atoms with van der Waals surface area (Å²) in [6.07, 6.45) is 8.63. The standard InChI is InChI=1S/C40H38F2N2S/c1-3-5-7-9-27-11-21-33(37(41)25-27)29-13-17-31(18-14-29)35-23-24-36(40-39(35)43-45-44-40)32-19-15-30(16-20-32)34-22-12-28(26-38(34)42)10-8-6-4-2/h11-26H,3-10H2,1-2H3. The fourth-order valence-corrected chi connectivity index (χ4v) is 6.62. The maximum atomic E-state index is 15.0. The Morgan fingerprint density at radius 1 is 0.467 bits per heavy atom. The number of benzene rings is 5. The fraction of sp³-hybridized carbons (Fsp3) is 0.250. The van der Waals surface area contributed by atoms with E-state index in [-0.39, 0.29) is 11.6 Å². The largest absolute Gasteiger partial charge is 0.206 e. The van der Waals surface area contributed by atoms with Crippen LogP contribution < -0.4 is 0 Å². The Labute approximate surface area is 269 Å². The number of rotatable bonds is 12. The molecule has 5 heteroatoms. The molecule has 0 amide bonds. The van der Waals surface area contributed by atoms with Crippen LogP contribution in [0.5, 0.6) is 0 Å². The maximum absolute atomic E-state index is 15.0. The molecule has 0 bridgehead atoms. The maximum Gasteiger partial charge on any atom is 0.131 e. The van der Waals surface area contributed by atoms with Crippen LogP contribution in [0.2, 0.25) is 0 Å². The van der Waals surface area contributed by atoms with Crippen molar-refractivity contribution in [3.05, 3.63) is 120 Å². The van der Waals surface area contributed by atoms with Gasteiger partial charge in [-0.1, -0.05) is 124 Å². The molecule has 0 unspecified atom stereocenters. The van der Waals surface area contributed by atoms with Crippen molar-refractivity contribution in [2.24, 2.45) is 0 Å². The third-order valence-corrected chi connectivity index (χ3v) is 9.16. The molecule has 0 aliphatic heterocycles. The first-order chi connectivity index (χ1) is 22.1. The van der Waals surface area contributed by atoms with Crippen LogP contribution >= 0.6 is 11.7 Å². The summed E-state index contributed by atoms with van der Waals surface area (Å²) >= 11 is 1.19. The molecule has 0 radical (unpaired) electrons. The zero-order chi connectivity index (χ0) is 31.2. The van der Waals surface area contributed by atoms with Gasteiger partial charge < -0.3 is 0 Å². The summed E-state index contributed by atoms with van der Waals surface area (Å²) in [5, 5.41) is 0. The molecule has 0 fully saturated rings. The van der Waals surface area contributed by atoms with Crippen LogP contribution in [0.4, 0.5) is 8.78 Å². The second kappa shape index (κ2) is 14.3. The van der Waals surface area contributed by atoms with E-state index < -0.39 is 0 Å². The molecule has 2 nitrogen and oxygen atoms in total. The van der Waals surface area contributed by atoms with Crippen molar-refractivity contribution in [2.75, 3.05) is 0 Å². The number of hydrogen-bond donors (Lipinski definition) is 0. The first-order valence-corrected chi connectivity index (χ1v) is 16.8. The first kappa shape index (κ1) is 30.8. The molecule has 0 aliphatic rings. The third-order valence-electron chi connectivity index (χ3n) is 8.63. The van der Waals surface area contributed by atoms with Gasteiger partial charge in [-0.3, -0.25) is 0 Å². The van der Waals surface area contributed by atoms with E-state index in [4.69, 9.17) is 0 Å². The molecule has 228 valence electrons. The molecular formula is C40H38F2N2S. The van der Waals surface area contributed by atoms with Gasteiger partial charge in [0.15, 0.2) is 0 Å². The van der Waals surface area contributed by atoms with Crippen molar-refractivity contribution in [3.8, 4) is 44.5 Å². The molecule has 6 aromatic rings. The fourth-order valence-electron chi connectivity index (χ4n) is 6.05. The molecule has 45 heavy (non-hydrogen) atoms. The SMILES string of the molecule is CCCCCc1ccc(-c2ccc(-c3ccc(-c4ccc(-c5ccc(CCCCC)cc5F)cc4)c4nsnc34)cc2)c(F)c1. The van der Waals surface area contributed by atoms with Crippen molar-refractivity contribution in [2.45, 2.75) is 65.2 Å². The predicted molar refractivity (Wildman–Crippen MR) is 186 cm³/mol. The Balaban J connectivity index is 1.22. The van der Waals surface area contributed by atoms with E-state index >= 15 is 8.78 Å². The average Bonchev–Trinajstić information content (AvgIpc) is 3.56. The Morgan fingerprint density at radius 3 is 1.18 bits per heavy atom. The number of hydrogen-bond acceptors (Lipinski definition) is 3. The zero-order valence-electron chi connectivity index (χ0n) is 26.0. The average molecular weight is 617 g/mol. The van der Waals surface area contributed by atoms with Crippen LogP contribution in [0.25, 0.3) is 55.5 Å². The molecule has 0 aliphatic carbocycles. The second-order valence-corrected chi connectivity index (χ2v) is 12.3. The van der Waals surface area contributed by atoms with Crippen LogP contribution in [-0.4, -0.2) is 8.75 Å². The highest BCUT2D eigenvalue weighted by atomic mass is 32.1. The van der Waals surface area contributed by atoms with Crippen molar-refractivity contribution in [3.63, 3.8) is 0 Å². The van der Waals surface area contributed by atoms with Gasteiger partial charge in [-0.05, 0) is 71.2 Å². The summed E-state index contributed by atoms with van der Waals surface area (Å²) in [4.78, 5) is 0. The highest BCUT2D eigenvalue weighted by Gasteiger charge is 2.15. The lowest BCUT2D eigenvalue weighted by molar-refractivity contribution is 0.626. The molecule has 1 heterocycles. The van der Waals surface area contributed by atoms with E-state index in [1.165, 1.54) is 11.7 Å². The number of nitrogens with zero attached hydrogens (tertiary/aromatic N) is 2. The minimum atomic E-state index is -0.180. The molecule has 0 saturated heterocycles. The summed E-state index contributed by atoms with van der Waals surface area (Å²) in [6, 6.07) is 31.4. The van der Waals surface area contributed by atoms with Gasteiger partial charge in [0.05, 0.1) is 11.7 Å². The second-order valence-electron chi connectivity index (χ2n) is 11.8. The quantitative estimate of drug-likeness (QED) is 0.128. The van der Waals surface area contributed by atoms with Crippen LogP contribution in [0, 0.1) is 11.6 Å². The first-order valence-electron chi connectivity index (χ1n) is 16.1. The van der Waals surface area contributed by atoms with Gasteiger partial charge in [-0.25, -0.2) is 8.78 Å². The molecule has 6 rings (SSSR count). The Morgan fingerprint density at radius 2 is 0.822 bits per heavy atom. The van der Waals surface area contributed by atoms with Crippen molar-refractivity contribution in [1.29, 1.82) is 0 Å². The van der Waals surface area contributed by atoms with Gasteiger partial charge >= 0.3 is 0 Å². The van der Waals surface area contributed by atoms with Gasteiger partial charge in [0, 0.05) is 22.3 Å². The van der Waals surface area contributed by atoms with Gasteiger partial charge in [0.2, 0.25) is 0 Å². The lowest BCUT2D eigenvalue weighted by Crippen LogP contribution is -1.91. The molecule has 0 N–H and O–H groups in total. The van der Waals surface area contributed by atoms with Gasteiger partial charge in [-0.2, -0.15) is 8.75 Å². The lowest BCUT2D eigenvalue weighted by Gasteiger charge is -2.10. The summed E-state index contributed by atoms with van der Waals surface area (Å²) in [5.74, 6) is -0.360. The van der Waals surface area contributed by atoms with Gasteiger partial charge in [0.25, 0.3) is 0 Å². The highest BCUT2D eigenvalue weighted by molar-refractivity contribution is 7.00. The van der Waals surface area contributed by atoms with Crippen LogP contribution in [0.1, 0.15) is 63.5 Å². The molecule has 0 atom stereocenters. The normalized spacial score (nSPS) is 11.4. The van der Waals surface area contributed by atoms with E-state index in [9.17, 15) is 0 Å². The lowest BCUT2D eigenvalue weighted by atomic mass is 9.94. The van der Waals surface area contributed by atoms with Crippen molar-refractivity contribution in [1.82, 2.24) is 8.75 Å². The van der Waals surface area contributed by atoms with E-state index in [2.05, 4.69) is 34.7 Å². The van der Waals surface area contributed by atoms with Gasteiger partial charge in [-0.15, -0.1) is 0 Å². The summed E-state index contributed by atoms with van der Waals surface area (Å²) in [5.41, 5.74) is 10.7. The summed E-state index contributed by atoms with van der Waals surface area (Å²) in [7, 11) is 0. The molecule has 0 spiro atoms. The van der Waals surface area contributed by atoms with Crippen molar-refractivity contribution < 1.29 is 8.78 Å². The van der Waals surface area contributed by atoms with Crippen molar-refractivity contribution >= 4 is 22.8 Å². The van der Waals surface area contributed by atoms with E-state index in [1.54, 1.807) is 12.1 Å². The van der Waals surface area contributed by atoms with Crippen LogP contribution in [-0.2, 0) is 12.8 Å². The van der Waals surface area contributed by atoms with Crippen LogP contribution in [0.3, 0.4) is 0 Å². The van der Waals surface area contributed by atoms with Gasteiger partial charge in [0.1, 0.15) is 22.7 Å². The van der Waals surface area contributed by atoms with E-state index in [0.717, 1.165) is 107 Å². The predicted octanol–water partition coefficient (Wildman–Crippen LogP) is 12.1. The molecule has 1 aromatic heterocycles. The molecule has 5 aromatic carbocycles. The molecular weight excluding hydrogens is 579 g/mol. The Bertz CT molecular complexity index is 1750. The minimum Gasteiger partial charge on any atom is -0.206 e. The molecule has 0 saturated carbocycles. The number of aryl methyl sites for hydroxylation is 2.